The molecule has 0 unspecified atom stereocenters. The van der Waals surface area contributed by atoms with Crippen LogP contribution in [0.3, 0.4) is 0 Å². The molecule has 3 N–H and O–H groups in total. The van der Waals surface area contributed by atoms with Gasteiger partial charge in [0.2, 0.25) is 0 Å². The number of hydrogen-bond donors (Lipinski definition) is 2. The van der Waals surface area contributed by atoms with Gasteiger partial charge in [0.05, 0.1) is 11.8 Å². The predicted octanol–water partition coefficient (Wildman–Crippen LogP) is 2.01. The van der Waals surface area contributed by atoms with Gasteiger partial charge in [-0.2, -0.15) is 18.3 Å². The van der Waals surface area contributed by atoms with E-state index in [9.17, 15) is 17.6 Å². The lowest BCUT2D eigenvalue weighted by molar-refractivity contribution is -0.137. The molecule has 8 heteroatoms. The molecule has 0 fully saturated rings. The first-order chi connectivity index (χ1) is 7.80. The SMILES string of the molecule is NC(=S)NN=Cc1cc(C(F)(F)F)ccc1F. The molecule has 0 aliphatic carbocycles. The van der Waals surface area contributed by atoms with Gasteiger partial charge in [-0.1, -0.05) is 0 Å². The first-order valence-corrected chi connectivity index (χ1v) is 4.67. The second-order valence-electron chi connectivity index (χ2n) is 2.97. The Kier molecular flexibility index (Phi) is 4.00. The fraction of sp³-hybridized carbons (Fsp3) is 0.111. The standard InChI is InChI=1S/C9H7F4N3S/c10-7-2-1-6(9(11,12)13)3-5(7)4-15-16-8(14)17/h1-4H,(H3,14,16,17). The molecule has 92 valence electrons. The Balaban J connectivity index is 2.99. The minimum Gasteiger partial charge on any atom is -0.375 e. The van der Waals surface area contributed by atoms with E-state index in [0.29, 0.717) is 18.2 Å². The molecule has 17 heavy (non-hydrogen) atoms. The number of thiocarbonyl (C=S) groups is 1. The highest BCUT2D eigenvalue weighted by Crippen LogP contribution is 2.29. The van der Waals surface area contributed by atoms with E-state index in [1.54, 1.807) is 0 Å². The van der Waals surface area contributed by atoms with Crippen LogP contribution in [0.5, 0.6) is 0 Å². The van der Waals surface area contributed by atoms with Gasteiger partial charge in [-0.3, -0.25) is 5.43 Å². The normalized spacial score (nSPS) is 11.8. The molecule has 0 bridgehead atoms. The van der Waals surface area contributed by atoms with Crippen LogP contribution in [0.4, 0.5) is 17.6 Å². The average Bonchev–Trinajstić information content (AvgIpc) is 2.18. The lowest BCUT2D eigenvalue weighted by atomic mass is 10.1. The third kappa shape index (κ3) is 3.99. The van der Waals surface area contributed by atoms with E-state index in [1.807, 2.05) is 0 Å². The van der Waals surface area contributed by atoms with Gasteiger partial charge >= 0.3 is 6.18 Å². The Morgan fingerprint density at radius 2 is 2.06 bits per heavy atom. The number of hydrazone groups is 1. The highest BCUT2D eigenvalue weighted by Gasteiger charge is 2.30. The number of benzene rings is 1. The van der Waals surface area contributed by atoms with Gasteiger partial charge in [-0.25, -0.2) is 4.39 Å². The first kappa shape index (κ1) is 13.4. The Bertz CT molecular complexity index is 456. The van der Waals surface area contributed by atoms with Crippen LogP contribution < -0.4 is 11.2 Å². The van der Waals surface area contributed by atoms with Crippen LogP contribution >= 0.6 is 12.2 Å². The van der Waals surface area contributed by atoms with Crippen molar-refractivity contribution in [1.29, 1.82) is 0 Å². The van der Waals surface area contributed by atoms with Crippen molar-refractivity contribution in [3.63, 3.8) is 0 Å². The predicted molar refractivity (Wildman–Crippen MR) is 58.9 cm³/mol. The van der Waals surface area contributed by atoms with Gasteiger partial charge in [0.25, 0.3) is 0 Å². The van der Waals surface area contributed by atoms with Crippen molar-refractivity contribution in [3.05, 3.63) is 35.1 Å². The molecule has 0 amide bonds. The number of nitrogens with zero attached hydrogens (tertiary/aromatic N) is 1. The van der Waals surface area contributed by atoms with Crippen LogP contribution in [0.1, 0.15) is 11.1 Å². The molecule has 0 atom stereocenters. The Hall–Kier alpha value is -1.70. The van der Waals surface area contributed by atoms with Crippen LogP contribution in [0.2, 0.25) is 0 Å². The molecule has 0 aliphatic rings. The summed E-state index contributed by atoms with van der Waals surface area (Å²) in [5.74, 6) is -0.827. The highest BCUT2D eigenvalue weighted by molar-refractivity contribution is 7.80. The summed E-state index contributed by atoms with van der Waals surface area (Å²) in [6.07, 6.45) is -3.67. The summed E-state index contributed by atoms with van der Waals surface area (Å²) in [6, 6.07) is 2.00. The Morgan fingerprint density at radius 3 is 2.59 bits per heavy atom. The molecule has 0 saturated carbocycles. The van der Waals surface area contributed by atoms with Crippen LogP contribution in [0.15, 0.2) is 23.3 Å². The van der Waals surface area contributed by atoms with Crippen molar-refractivity contribution in [2.24, 2.45) is 10.8 Å². The van der Waals surface area contributed by atoms with Crippen molar-refractivity contribution in [3.8, 4) is 0 Å². The molecule has 1 rings (SSSR count). The zero-order chi connectivity index (χ0) is 13.1. The Labute approximate surface area is 99.3 Å². The van der Waals surface area contributed by atoms with E-state index in [4.69, 9.17) is 5.73 Å². The summed E-state index contributed by atoms with van der Waals surface area (Å²) in [4.78, 5) is 0. The van der Waals surface area contributed by atoms with Gasteiger partial charge < -0.3 is 5.73 Å². The first-order valence-electron chi connectivity index (χ1n) is 4.26. The van der Waals surface area contributed by atoms with E-state index >= 15 is 0 Å². The number of alkyl halides is 3. The summed E-state index contributed by atoms with van der Waals surface area (Å²) in [5, 5.41) is 3.20. The minimum absolute atomic E-state index is 0.173. The van der Waals surface area contributed by atoms with E-state index < -0.39 is 17.6 Å². The molecule has 0 aromatic heterocycles. The van der Waals surface area contributed by atoms with Gasteiger partial charge in [0.1, 0.15) is 5.82 Å². The highest BCUT2D eigenvalue weighted by atomic mass is 32.1. The van der Waals surface area contributed by atoms with Crippen LogP contribution in [0, 0.1) is 5.82 Å². The number of rotatable bonds is 2. The summed E-state index contributed by atoms with van der Waals surface area (Å²) in [5.41, 5.74) is 5.86. The summed E-state index contributed by atoms with van der Waals surface area (Å²) in [6.45, 7) is 0. The number of halogens is 4. The van der Waals surface area contributed by atoms with Gasteiger partial charge in [-0.05, 0) is 30.4 Å². The monoisotopic (exact) mass is 265 g/mol. The maximum atomic E-state index is 13.1. The van der Waals surface area contributed by atoms with Crippen LogP contribution in [-0.2, 0) is 6.18 Å². The molecular weight excluding hydrogens is 258 g/mol. The summed E-state index contributed by atoms with van der Waals surface area (Å²) >= 11 is 4.41. The number of nitrogens with two attached hydrogens (primary N) is 1. The van der Waals surface area contributed by atoms with E-state index in [2.05, 4.69) is 22.7 Å². The quantitative estimate of drug-likeness (QED) is 0.372. The van der Waals surface area contributed by atoms with E-state index in [1.165, 1.54) is 0 Å². The third-order valence-electron chi connectivity index (χ3n) is 1.70. The van der Waals surface area contributed by atoms with Gasteiger partial charge in [0.15, 0.2) is 5.11 Å². The molecule has 1 aromatic carbocycles. The molecule has 0 heterocycles. The zero-order valence-electron chi connectivity index (χ0n) is 8.25. The number of hydrogen-bond acceptors (Lipinski definition) is 2. The molecule has 0 radical (unpaired) electrons. The van der Waals surface area contributed by atoms with Gasteiger partial charge in [-0.15, -0.1) is 0 Å². The maximum absolute atomic E-state index is 13.1. The fourth-order valence-electron chi connectivity index (χ4n) is 0.984. The van der Waals surface area contributed by atoms with Crippen LogP contribution in [0.25, 0.3) is 0 Å². The lowest BCUT2D eigenvalue weighted by Crippen LogP contribution is -2.24. The summed E-state index contributed by atoms with van der Waals surface area (Å²) in [7, 11) is 0. The van der Waals surface area contributed by atoms with E-state index in [-0.39, 0.29) is 10.7 Å². The molecule has 1 aromatic rings. The molecule has 0 spiro atoms. The van der Waals surface area contributed by atoms with Gasteiger partial charge in [0, 0.05) is 5.56 Å². The van der Waals surface area contributed by atoms with Crippen molar-refractivity contribution in [2.45, 2.75) is 6.18 Å². The molecule has 0 saturated heterocycles. The zero-order valence-corrected chi connectivity index (χ0v) is 9.07. The van der Waals surface area contributed by atoms with Crippen molar-refractivity contribution in [2.75, 3.05) is 0 Å². The topological polar surface area (TPSA) is 50.4 Å². The third-order valence-corrected chi connectivity index (χ3v) is 1.79. The van der Waals surface area contributed by atoms with E-state index in [0.717, 1.165) is 6.21 Å². The minimum atomic E-state index is -4.53. The smallest absolute Gasteiger partial charge is 0.375 e. The fourth-order valence-corrected chi connectivity index (χ4v) is 1.04. The average molecular weight is 265 g/mol. The second-order valence-corrected chi connectivity index (χ2v) is 3.41. The largest absolute Gasteiger partial charge is 0.416 e. The molecule has 0 aliphatic heterocycles. The number of nitrogens with one attached hydrogen (secondary N) is 1. The summed E-state index contributed by atoms with van der Waals surface area (Å²) < 4.78 is 50.1. The Morgan fingerprint density at radius 1 is 1.41 bits per heavy atom. The van der Waals surface area contributed by atoms with Crippen molar-refractivity contribution in [1.82, 2.24) is 5.43 Å². The maximum Gasteiger partial charge on any atom is 0.416 e. The van der Waals surface area contributed by atoms with Crippen molar-refractivity contribution >= 4 is 23.5 Å². The molecular formula is C9H7F4N3S. The second kappa shape index (κ2) is 5.09. The van der Waals surface area contributed by atoms with Crippen molar-refractivity contribution < 1.29 is 17.6 Å². The lowest BCUT2D eigenvalue weighted by Gasteiger charge is -2.07. The molecule has 3 nitrogen and oxygen atoms in total. The van der Waals surface area contributed by atoms with Crippen LogP contribution in [-0.4, -0.2) is 11.3 Å².